The van der Waals surface area contributed by atoms with Crippen LogP contribution in [0.25, 0.3) is 0 Å². The highest BCUT2D eigenvalue weighted by Crippen LogP contribution is 2.28. The van der Waals surface area contributed by atoms with Gasteiger partial charge in [0.05, 0.1) is 22.2 Å². The maximum atomic E-state index is 12.2. The summed E-state index contributed by atoms with van der Waals surface area (Å²) in [6.07, 6.45) is 0. The van der Waals surface area contributed by atoms with Crippen LogP contribution in [-0.4, -0.2) is 22.9 Å². The van der Waals surface area contributed by atoms with Crippen LogP contribution in [0.4, 0.5) is 11.4 Å². The number of benzene rings is 1. The molecule has 0 saturated carbocycles. The third-order valence-electron chi connectivity index (χ3n) is 2.83. The third kappa shape index (κ3) is 3.34. The second-order valence-electron chi connectivity index (χ2n) is 4.25. The van der Waals surface area contributed by atoms with Crippen LogP contribution in [0, 0.1) is 17.0 Å². The number of nitro groups is 1. The molecule has 1 aromatic heterocycles. The summed E-state index contributed by atoms with van der Waals surface area (Å²) in [6.45, 7) is 2.11. The van der Waals surface area contributed by atoms with Gasteiger partial charge in [-0.15, -0.1) is 11.3 Å². The fourth-order valence-corrected chi connectivity index (χ4v) is 2.49. The van der Waals surface area contributed by atoms with E-state index < -0.39 is 10.8 Å². The number of thiazole rings is 1. The highest BCUT2D eigenvalue weighted by Gasteiger charge is 2.23. The summed E-state index contributed by atoms with van der Waals surface area (Å²) in [4.78, 5) is 27.0. The summed E-state index contributed by atoms with van der Waals surface area (Å²) in [6, 6.07) is 4.58. The molecule has 0 aliphatic carbocycles. The van der Waals surface area contributed by atoms with Crippen molar-refractivity contribution in [3.63, 3.8) is 0 Å². The molecule has 1 aromatic carbocycles. The predicted octanol–water partition coefficient (Wildman–Crippen LogP) is 2.33. The minimum Gasteiger partial charge on any atom is -0.383 e. The molecule has 0 aliphatic heterocycles. The first-order chi connectivity index (χ1) is 10.0. The summed E-state index contributed by atoms with van der Waals surface area (Å²) >= 11 is 1.49. The number of amides is 1. The highest BCUT2D eigenvalue weighted by atomic mass is 32.1. The standard InChI is InChI=1S/C13H14N4O3S/c1-8-16-9(7-21-8)6-15-13(18)10-4-3-5-11(14-2)12(10)17(19)20/h3-5,7,14H,6H2,1-2H3,(H,15,18). The van der Waals surface area contributed by atoms with E-state index in [1.165, 1.54) is 17.4 Å². The number of anilines is 1. The lowest BCUT2D eigenvalue weighted by Crippen LogP contribution is -2.24. The molecule has 7 nitrogen and oxygen atoms in total. The Kier molecular flexibility index (Phi) is 4.49. The molecule has 0 aliphatic rings. The molecule has 0 atom stereocenters. The Morgan fingerprint density at radius 2 is 2.24 bits per heavy atom. The van der Waals surface area contributed by atoms with Crippen molar-refractivity contribution >= 4 is 28.6 Å². The fourth-order valence-electron chi connectivity index (χ4n) is 1.88. The Morgan fingerprint density at radius 1 is 1.48 bits per heavy atom. The van der Waals surface area contributed by atoms with Gasteiger partial charge in [-0.2, -0.15) is 0 Å². The molecule has 2 aromatic rings. The zero-order valence-corrected chi connectivity index (χ0v) is 12.4. The molecule has 8 heteroatoms. The predicted molar refractivity (Wildman–Crippen MR) is 80.7 cm³/mol. The minimum absolute atomic E-state index is 0.0267. The lowest BCUT2D eigenvalue weighted by Gasteiger charge is -2.07. The summed E-state index contributed by atoms with van der Waals surface area (Å²) in [5.74, 6) is -0.496. The Labute approximate surface area is 125 Å². The van der Waals surface area contributed by atoms with Crippen molar-refractivity contribution < 1.29 is 9.72 Å². The van der Waals surface area contributed by atoms with Crippen molar-refractivity contribution in [3.05, 3.63) is 50.0 Å². The van der Waals surface area contributed by atoms with Crippen LogP contribution in [0.5, 0.6) is 0 Å². The number of aryl methyl sites for hydroxylation is 1. The molecule has 0 radical (unpaired) electrons. The van der Waals surface area contributed by atoms with E-state index in [1.807, 2.05) is 12.3 Å². The van der Waals surface area contributed by atoms with E-state index in [2.05, 4.69) is 15.6 Å². The number of hydrogen-bond acceptors (Lipinski definition) is 6. The van der Waals surface area contributed by atoms with Crippen LogP contribution in [0.15, 0.2) is 23.6 Å². The van der Waals surface area contributed by atoms with Crippen LogP contribution < -0.4 is 10.6 Å². The number of nitrogens with one attached hydrogen (secondary N) is 2. The van der Waals surface area contributed by atoms with Crippen LogP contribution in [0.2, 0.25) is 0 Å². The number of para-hydroxylation sites is 1. The van der Waals surface area contributed by atoms with E-state index in [0.29, 0.717) is 5.69 Å². The molecule has 0 unspecified atom stereocenters. The topological polar surface area (TPSA) is 97.2 Å². The van der Waals surface area contributed by atoms with Crippen molar-refractivity contribution in [2.75, 3.05) is 12.4 Å². The van der Waals surface area contributed by atoms with Gasteiger partial charge in [-0.3, -0.25) is 14.9 Å². The van der Waals surface area contributed by atoms with Crippen LogP contribution in [0.3, 0.4) is 0 Å². The molecule has 1 heterocycles. The molecule has 0 saturated heterocycles. The van der Waals surface area contributed by atoms with Gasteiger partial charge < -0.3 is 10.6 Å². The van der Waals surface area contributed by atoms with Crippen LogP contribution in [0.1, 0.15) is 21.1 Å². The van der Waals surface area contributed by atoms with Crippen molar-refractivity contribution in [2.45, 2.75) is 13.5 Å². The van der Waals surface area contributed by atoms with E-state index in [1.54, 1.807) is 19.2 Å². The van der Waals surface area contributed by atoms with E-state index >= 15 is 0 Å². The SMILES string of the molecule is CNc1cccc(C(=O)NCc2csc(C)n2)c1[N+](=O)[O-]. The fraction of sp³-hybridized carbons (Fsp3) is 0.231. The second-order valence-corrected chi connectivity index (χ2v) is 5.31. The number of rotatable bonds is 5. The molecule has 0 fully saturated rings. The number of hydrogen-bond donors (Lipinski definition) is 2. The van der Waals surface area contributed by atoms with Gasteiger partial charge in [0.1, 0.15) is 11.3 Å². The monoisotopic (exact) mass is 306 g/mol. The van der Waals surface area contributed by atoms with Gasteiger partial charge in [-0.05, 0) is 19.1 Å². The lowest BCUT2D eigenvalue weighted by molar-refractivity contribution is -0.384. The molecular weight excluding hydrogens is 292 g/mol. The van der Waals surface area contributed by atoms with Gasteiger partial charge in [0.2, 0.25) is 0 Å². The maximum absolute atomic E-state index is 12.2. The van der Waals surface area contributed by atoms with Gasteiger partial charge in [0.25, 0.3) is 5.91 Å². The maximum Gasteiger partial charge on any atom is 0.305 e. The second kappa shape index (κ2) is 6.31. The number of nitro benzene ring substituents is 1. The van der Waals surface area contributed by atoms with Crippen molar-refractivity contribution in [2.24, 2.45) is 0 Å². The highest BCUT2D eigenvalue weighted by molar-refractivity contribution is 7.09. The number of nitrogens with zero attached hydrogens (tertiary/aromatic N) is 2. The Morgan fingerprint density at radius 3 is 2.81 bits per heavy atom. The Bertz CT molecular complexity index is 684. The third-order valence-corrected chi connectivity index (χ3v) is 3.65. The average molecular weight is 306 g/mol. The molecule has 0 bridgehead atoms. The zero-order chi connectivity index (χ0) is 15.4. The zero-order valence-electron chi connectivity index (χ0n) is 11.5. The number of carbonyl (C=O) groups excluding carboxylic acids is 1. The molecule has 2 N–H and O–H groups in total. The molecule has 2 rings (SSSR count). The van der Waals surface area contributed by atoms with Crippen molar-refractivity contribution in [1.29, 1.82) is 0 Å². The summed E-state index contributed by atoms with van der Waals surface area (Å²) in [7, 11) is 1.57. The number of aromatic nitrogens is 1. The molecular formula is C13H14N4O3S. The summed E-state index contributed by atoms with van der Waals surface area (Å²) in [5.41, 5.74) is 0.834. The Balaban J connectivity index is 2.20. The van der Waals surface area contributed by atoms with Gasteiger partial charge in [0.15, 0.2) is 0 Å². The van der Waals surface area contributed by atoms with Crippen LogP contribution in [-0.2, 0) is 6.54 Å². The summed E-state index contributed by atoms with van der Waals surface area (Å²) < 4.78 is 0. The van der Waals surface area contributed by atoms with E-state index in [-0.39, 0.29) is 17.8 Å². The van der Waals surface area contributed by atoms with Gasteiger partial charge in [-0.1, -0.05) is 6.07 Å². The largest absolute Gasteiger partial charge is 0.383 e. The summed E-state index contributed by atoms with van der Waals surface area (Å²) in [5, 5.41) is 19.3. The first kappa shape index (κ1) is 14.9. The molecule has 1 amide bonds. The first-order valence-corrected chi connectivity index (χ1v) is 7.05. The average Bonchev–Trinajstić information content (AvgIpc) is 2.89. The van der Waals surface area contributed by atoms with E-state index in [9.17, 15) is 14.9 Å². The molecule has 110 valence electrons. The number of carbonyl (C=O) groups is 1. The van der Waals surface area contributed by atoms with E-state index in [4.69, 9.17) is 0 Å². The lowest BCUT2D eigenvalue weighted by atomic mass is 10.1. The minimum atomic E-state index is -0.562. The Hall–Kier alpha value is -2.48. The van der Waals surface area contributed by atoms with Crippen molar-refractivity contribution in [1.82, 2.24) is 10.3 Å². The van der Waals surface area contributed by atoms with Crippen LogP contribution >= 0.6 is 11.3 Å². The normalized spacial score (nSPS) is 10.2. The molecule has 21 heavy (non-hydrogen) atoms. The van der Waals surface area contributed by atoms with E-state index in [0.717, 1.165) is 10.7 Å². The molecule has 0 spiro atoms. The van der Waals surface area contributed by atoms with Gasteiger partial charge in [-0.25, -0.2) is 4.98 Å². The van der Waals surface area contributed by atoms with Crippen molar-refractivity contribution in [3.8, 4) is 0 Å². The quantitative estimate of drug-likeness (QED) is 0.652. The first-order valence-electron chi connectivity index (χ1n) is 6.17. The van der Waals surface area contributed by atoms with Gasteiger partial charge in [0, 0.05) is 12.4 Å². The smallest absolute Gasteiger partial charge is 0.305 e. The van der Waals surface area contributed by atoms with Gasteiger partial charge >= 0.3 is 5.69 Å².